The third-order valence-corrected chi connectivity index (χ3v) is 3.55. The molecule has 2 rings (SSSR count). The van der Waals surface area contributed by atoms with Crippen molar-refractivity contribution >= 4 is 0 Å². The Labute approximate surface area is 90.2 Å². The van der Waals surface area contributed by atoms with Crippen LogP contribution in [-0.2, 0) is 5.41 Å². The summed E-state index contributed by atoms with van der Waals surface area (Å²) < 4.78 is 0. The fourth-order valence-electron chi connectivity index (χ4n) is 2.12. The highest BCUT2D eigenvalue weighted by Crippen LogP contribution is 2.53. The molecule has 2 heteroatoms. The Hall–Kier alpha value is -1.33. The van der Waals surface area contributed by atoms with Crippen LogP contribution >= 0.6 is 0 Å². The molecule has 1 aliphatic carbocycles. The van der Waals surface area contributed by atoms with E-state index in [1.807, 2.05) is 6.07 Å². The summed E-state index contributed by atoms with van der Waals surface area (Å²) in [7, 11) is 0. The highest BCUT2D eigenvalue weighted by molar-refractivity contribution is 5.44. The lowest BCUT2D eigenvalue weighted by Gasteiger charge is -2.10. The van der Waals surface area contributed by atoms with Crippen LogP contribution < -0.4 is 0 Å². The molecule has 0 saturated heterocycles. The number of nitrogens with zero attached hydrogens (tertiary/aromatic N) is 1. The topological polar surface area (TPSA) is 44.0 Å². The maximum Gasteiger partial charge on any atom is 0.0877 e. The lowest BCUT2D eigenvalue weighted by atomic mass is 9.92. The molecular formula is C13H15NO. The SMILES string of the molecule is Cc1ccc([C@]2(C#N)C[C@@H]2CO)cc1C. The predicted molar refractivity (Wildman–Crippen MR) is 58.4 cm³/mol. The van der Waals surface area contributed by atoms with Gasteiger partial charge in [-0.1, -0.05) is 18.2 Å². The van der Waals surface area contributed by atoms with E-state index < -0.39 is 5.41 Å². The third kappa shape index (κ3) is 1.44. The van der Waals surface area contributed by atoms with E-state index in [9.17, 15) is 5.26 Å². The zero-order valence-electron chi connectivity index (χ0n) is 9.12. The Morgan fingerprint density at radius 1 is 1.47 bits per heavy atom. The van der Waals surface area contributed by atoms with Crippen molar-refractivity contribution in [1.29, 1.82) is 5.26 Å². The molecule has 1 N–H and O–H groups in total. The number of hydrogen-bond acceptors (Lipinski definition) is 2. The first kappa shape index (κ1) is 10.2. The van der Waals surface area contributed by atoms with Crippen LogP contribution in [0.25, 0.3) is 0 Å². The second-order valence-corrected chi connectivity index (χ2v) is 4.47. The molecule has 1 fully saturated rings. The van der Waals surface area contributed by atoms with Crippen LogP contribution in [0, 0.1) is 31.1 Å². The van der Waals surface area contributed by atoms with Gasteiger partial charge in [-0.2, -0.15) is 5.26 Å². The predicted octanol–water partition coefficient (Wildman–Crippen LogP) is 2.08. The van der Waals surface area contributed by atoms with E-state index in [1.165, 1.54) is 11.1 Å². The Kier molecular flexibility index (Phi) is 2.28. The fourth-order valence-corrected chi connectivity index (χ4v) is 2.12. The quantitative estimate of drug-likeness (QED) is 0.796. The van der Waals surface area contributed by atoms with E-state index in [0.717, 1.165) is 12.0 Å². The summed E-state index contributed by atoms with van der Waals surface area (Å²) in [6, 6.07) is 8.50. The summed E-state index contributed by atoms with van der Waals surface area (Å²) in [5, 5.41) is 18.3. The minimum Gasteiger partial charge on any atom is -0.396 e. The molecule has 0 unspecified atom stereocenters. The first-order valence-electron chi connectivity index (χ1n) is 5.24. The second kappa shape index (κ2) is 3.36. The molecule has 2 nitrogen and oxygen atoms in total. The largest absolute Gasteiger partial charge is 0.396 e. The van der Waals surface area contributed by atoms with E-state index in [4.69, 9.17) is 5.11 Å². The van der Waals surface area contributed by atoms with Gasteiger partial charge in [0, 0.05) is 12.5 Å². The molecule has 0 bridgehead atoms. The minimum absolute atomic E-state index is 0.112. The number of aliphatic hydroxyl groups is 1. The van der Waals surface area contributed by atoms with Gasteiger partial charge in [-0.3, -0.25) is 0 Å². The van der Waals surface area contributed by atoms with Gasteiger partial charge in [0.05, 0.1) is 11.5 Å². The van der Waals surface area contributed by atoms with Crippen LogP contribution in [0.1, 0.15) is 23.1 Å². The van der Waals surface area contributed by atoms with Gasteiger partial charge in [0.25, 0.3) is 0 Å². The van der Waals surface area contributed by atoms with Gasteiger partial charge in [0.1, 0.15) is 0 Å². The molecule has 15 heavy (non-hydrogen) atoms. The molecule has 2 atom stereocenters. The molecule has 0 aromatic heterocycles. The van der Waals surface area contributed by atoms with Gasteiger partial charge in [-0.15, -0.1) is 0 Å². The minimum atomic E-state index is -0.410. The Morgan fingerprint density at radius 2 is 2.20 bits per heavy atom. The van der Waals surface area contributed by atoms with Gasteiger partial charge in [-0.05, 0) is 37.0 Å². The highest BCUT2D eigenvalue weighted by Gasteiger charge is 2.55. The smallest absolute Gasteiger partial charge is 0.0877 e. The fraction of sp³-hybridized carbons (Fsp3) is 0.462. The van der Waals surface area contributed by atoms with Crippen molar-refractivity contribution in [2.24, 2.45) is 5.92 Å². The highest BCUT2D eigenvalue weighted by atomic mass is 16.3. The van der Waals surface area contributed by atoms with Crippen LogP contribution in [-0.4, -0.2) is 11.7 Å². The monoisotopic (exact) mass is 201 g/mol. The average Bonchev–Trinajstić information content (AvgIpc) is 2.97. The maximum atomic E-state index is 9.21. The molecule has 1 aromatic rings. The molecule has 0 spiro atoms. The third-order valence-electron chi connectivity index (χ3n) is 3.55. The van der Waals surface area contributed by atoms with Gasteiger partial charge in [0.2, 0.25) is 0 Å². The molecule has 1 aromatic carbocycles. The van der Waals surface area contributed by atoms with Gasteiger partial charge < -0.3 is 5.11 Å². The Morgan fingerprint density at radius 3 is 2.67 bits per heavy atom. The summed E-state index contributed by atoms with van der Waals surface area (Å²) in [6.07, 6.45) is 0.794. The summed E-state index contributed by atoms with van der Waals surface area (Å²) in [5.41, 5.74) is 3.11. The first-order chi connectivity index (χ1) is 7.14. The van der Waals surface area contributed by atoms with Gasteiger partial charge in [-0.25, -0.2) is 0 Å². The number of aryl methyl sites for hydroxylation is 2. The number of nitriles is 1. The van der Waals surface area contributed by atoms with Crippen molar-refractivity contribution in [3.8, 4) is 6.07 Å². The van der Waals surface area contributed by atoms with E-state index in [-0.39, 0.29) is 12.5 Å². The molecular weight excluding hydrogens is 186 g/mol. The molecule has 0 amide bonds. The van der Waals surface area contributed by atoms with Crippen LogP contribution in [0.3, 0.4) is 0 Å². The van der Waals surface area contributed by atoms with E-state index in [0.29, 0.717) is 0 Å². The van der Waals surface area contributed by atoms with Crippen molar-refractivity contribution in [2.75, 3.05) is 6.61 Å². The standard InChI is InChI=1S/C13H15NO/c1-9-3-4-11(5-10(9)2)13(8-14)6-12(13)7-15/h3-5,12,15H,6-7H2,1-2H3/t12-,13-/m1/s1. The van der Waals surface area contributed by atoms with Crippen LogP contribution in [0.2, 0.25) is 0 Å². The Balaban J connectivity index is 2.39. The Bertz CT molecular complexity index is 433. The zero-order valence-corrected chi connectivity index (χ0v) is 9.12. The number of benzene rings is 1. The van der Waals surface area contributed by atoms with E-state index in [2.05, 4.69) is 32.0 Å². The second-order valence-electron chi connectivity index (χ2n) is 4.47. The van der Waals surface area contributed by atoms with Crippen molar-refractivity contribution in [2.45, 2.75) is 25.7 Å². The number of hydrogen-bond donors (Lipinski definition) is 1. The summed E-state index contributed by atoms with van der Waals surface area (Å²) in [4.78, 5) is 0. The molecule has 0 aliphatic heterocycles. The molecule has 1 aliphatic rings. The molecule has 0 radical (unpaired) electrons. The average molecular weight is 201 g/mol. The van der Waals surface area contributed by atoms with Gasteiger partial charge in [0.15, 0.2) is 0 Å². The number of rotatable bonds is 2. The van der Waals surface area contributed by atoms with Crippen molar-refractivity contribution in [3.05, 3.63) is 34.9 Å². The zero-order chi connectivity index (χ0) is 11.1. The molecule has 1 saturated carbocycles. The van der Waals surface area contributed by atoms with Crippen LogP contribution in [0.4, 0.5) is 0 Å². The lowest BCUT2D eigenvalue weighted by molar-refractivity contribution is 0.269. The first-order valence-corrected chi connectivity index (χ1v) is 5.24. The normalized spacial score (nSPS) is 28.5. The molecule has 78 valence electrons. The van der Waals surface area contributed by atoms with Crippen LogP contribution in [0.5, 0.6) is 0 Å². The van der Waals surface area contributed by atoms with Crippen LogP contribution in [0.15, 0.2) is 18.2 Å². The maximum absolute atomic E-state index is 9.21. The number of aliphatic hydroxyl groups excluding tert-OH is 1. The summed E-state index contributed by atoms with van der Waals surface area (Å²) >= 11 is 0. The van der Waals surface area contributed by atoms with Crippen molar-refractivity contribution in [1.82, 2.24) is 0 Å². The summed E-state index contributed by atoms with van der Waals surface area (Å²) in [6.45, 7) is 4.23. The van der Waals surface area contributed by atoms with Crippen molar-refractivity contribution in [3.63, 3.8) is 0 Å². The van der Waals surface area contributed by atoms with Crippen molar-refractivity contribution < 1.29 is 5.11 Å². The summed E-state index contributed by atoms with van der Waals surface area (Å²) in [5.74, 6) is 0.129. The lowest BCUT2D eigenvalue weighted by Crippen LogP contribution is -2.09. The molecule has 0 heterocycles. The van der Waals surface area contributed by atoms with E-state index >= 15 is 0 Å². The van der Waals surface area contributed by atoms with E-state index in [1.54, 1.807) is 0 Å². The van der Waals surface area contributed by atoms with Gasteiger partial charge >= 0.3 is 0 Å².